The Morgan fingerprint density at radius 1 is 1.19 bits per heavy atom. The summed E-state index contributed by atoms with van der Waals surface area (Å²) in [6, 6.07) is 10.8. The van der Waals surface area contributed by atoms with Crippen LogP contribution in [0.25, 0.3) is 10.9 Å². The first-order chi connectivity index (χ1) is 12.4. The van der Waals surface area contributed by atoms with Gasteiger partial charge in [0.25, 0.3) is 0 Å². The van der Waals surface area contributed by atoms with Gasteiger partial charge in [0.1, 0.15) is 10.6 Å². The van der Waals surface area contributed by atoms with E-state index in [-0.39, 0.29) is 4.90 Å². The predicted octanol–water partition coefficient (Wildman–Crippen LogP) is 3.89. The van der Waals surface area contributed by atoms with Gasteiger partial charge in [0.05, 0.1) is 7.11 Å². The summed E-state index contributed by atoms with van der Waals surface area (Å²) in [7, 11) is -2.17. The van der Waals surface area contributed by atoms with Crippen LogP contribution in [0.5, 0.6) is 5.75 Å². The molecule has 0 saturated heterocycles. The zero-order valence-electron chi connectivity index (χ0n) is 14.5. The molecule has 1 N–H and O–H groups in total. The minimum absolute atomic E-state index is 0.214. The smallest absolute Gasteiger partial charge is 0.247 e. The zero-order valence-corrected chi connectivity index (χ0v) is 16.1. The van der Waals surface area contributed by atoms with Crippen LogP contribution in [-0.4, -0.2) is 31.4 Å². The van der Waals surface area contributed by atoms with Gasteiger partial charge < -0.3 is 9.72 Å². The van der Waals surface area contributed by atoms with E-state index >= 15 is 0 Å². The highest BCUT2D eigenvalue weighted by Gasteiger charge is 2.32. The van der Waals surface area contributed by atoms with E-state index in [0.29, 0.717) is 30.3 Å². The van der Waals surface area contributed by atoms with E-state index in [1.807, 2.05) is 31.2 Å². The first-order valence-electron chi connectivity index (χ1n) is 8.34. The second kappa shape index (κ2) is 6.30. The third-order valence-corrected chi connectivity index (χ3v) is 6.94. The molecule has 26 heavy (non-hydrogen) atoms. The molecule has 0 aliphatic carbocycles. The molecule has 2 heterocycles. The standard InChI is InChI=1S/C19H19ClN2O3S/c1-12-3-6-18(25-2)19(9-12)26(23,24)22-8-7-16-15(11-22)14-5-4-13(20)10-17(14)21-16/h3-6,9-10,21H,7-8,11H2,1-2H3. The Labute approximate surface area is 157 Å². The van der Waals surface area contributed by atoms with Crippen molar-refractivity contribution < 1.29 is 13.2 Å². The maximum Gasteiger partial charge on any atom is 0.247 e. The minimum atomic E-state index is -3.66. The Morgan fingerprint density at radius 2 is 2.00 bits per heavy atom. The quantitative estimate of drug-likeness (QED) is 0.738. The maximum atomic E-state index is 13.3. The molecular weight excluding hydrogens is 372 g/mol. The van der Waals surface area contributed by atoms with Crippen molar-refractivity contribution in [3.05, 3.63) is 58.2 Å². The van der Waals surface area contributed by atoms with Crippen molar-refractivity contribution in [2.24, 2.45) is 0 Å². The number of H-pyrrole nitrogens is 1. The Kier molecular flexibility index (Phi) is 4.22. The van der Waals surface area contributed by atoms with Gasteiger partial charge in [-0.25, -0.2) is 8.42 Å². The van der Waals surface area contributed by atoms with Gasteiger partial charge in [-0.15, -0.1) is 0 Å². The number of halogens is 1. The first kappa shape index (κ1) is 17.4. The average Bonchev–Trinajstić information content (AvgIpc) is 2.98. The molecule has 0 unspecified atom stereocenters. The number of sulfonamides is 1. The lowest BCUT2D eigenvalue weighted by atomic mass is 10.1. The SMILES string of the molecule is COc1ccc(C)cc1S(=O)(=O)N1CCc2[nH]c3cc(Cl)ccc3c2C1. The molecule has 7 heteroatoms. The number of nitrogens with one attached hydrogen (secondary N) is 1. The van der Waals surface area contributed by atoms with Crippen molar-refractivity contribution in [1.82, 2.24) is 9.29 Å². The van der Waals surface area contributed by atoms with E-state index in [9.17, 15) is 8.42 Å². The molecule has 4 rings (SSSR count). The largest absolute Gasteiger partial charge is 0.495 e. The zero-order chi connectivity index (χ0) is 18.5. The highest BCUT2D eigenvalue weighted by Crippen LogP contribution is 2.34. The Morgan fingerprint density at radius 3 is 2.77 bits per heavy atom. The van der Waals surface area contributed by atoms with Gasteiger partial charge in [-0.2, -0.15) is 4.31 Å². The summed E-state index contributed by atoms with van der Waals surface area (Å²) < 4.78 is 33.3. The van der Waals surface area contributed by atoms with E-state index < -0.39 is 10.0 Å². The number of fused-ring (bicyclic) bond motifs is 3. The van der Waals surface area contributed by atoms with E-state index in [2.05, 4.69) is 4.98 Å². The van der Waals surface area contributed by atoms with Crippen LogP contribution in [-0.2, 0) is 23.0 Å². The summed E-state index contributed by atoms with van der Waals surface area (Å²) in [5.41, 5.74) is 3.90. The Balaban J connectivity index is 1.77. The number of aromatic amines is 1. The van der Waals surface area contributed by atoms with Gasteiger partial charge in [-0.1, -0.05) is 23.7 Å². The monoisotopic (exact) mass is 390 g/mol. The molecule has 3 aromatic rings. The lowest BCUT2D eigenvalue weighted by Gasteiger charge is -2.27. The summed E-state index contributed by atoms with van der Waals surface area (Å²) in [5, 5.41) is 1.67. The Hall–Kier alpha value is -2.02. The summed E-state index contributed by atoms with van der Waals surface area (Å²) in [5.74, 6) is 0.368. The minimum Gasteiger partial charge on any atom is -0.495 e. The normalized spacial score (nSPS) is 15.2. The number of ether oxygens (including phenoxy) is 1. The molecule has 1 aliphatic rings. The van der Waals surface area contributed by atoms with Crippen LogP contribution in [0, 0.1) is 6.92 Å². The first-order valence-corrected chi connectivity index (χ1v) is 10.2. The summed E-state index contributed by atoms with van der Waals surface area (Å²) in [6.45, 7) is 2.62. The second-order valence-corrected chi connectivity index (χ2v) is 8.86. The van der Waals surface area contributed by atoms with Gasteiger partial charge in [0.15, 0.2) is 0 Å². The number of methoxy groups -OCH3 is 1. The van der Waals surface area contributed by atoms with Gasteiger partial charge in [0.2, 0.25) is 10.0 Å². The third kappa shape index (κ3) is 2.78. The molecule has 1 aliphatic heterocycles. The summed E-state index contributed by atoms with van der Waals surface area (Å²) in [4.78, 5) is 3.58. The van der Waals surface area contributed by atoms with Crippen molar-refractivity contribution in [3.63, 3.8) is 0 Å². The van der Waals surface area contributed by atoms with Crippen LogP contribution in [0.2, 0.25) is 5.02 Å². The number of hydrogen-bond donors (Lipinski definition) is 1. The topological polar surface area (TPSA) is 62.4 Å². The van der Waals surface area contributed by atoms with Crippen LogP contribution in [0.3, 0.4) is 0 Å². The molecule has 136 valence electrons. The predicted molar refractivity (Wildman–Crippen MR) is 102 cm³/mol. The van der Waals surface area contributed by atoms with Crippen molar-refractivity contribution in [3.8, 4) is 5.75 Å². The van der Waals surface area contributed by atoms with E-state index in [4.69, 9.17) is 16.3 Å². The lowest BCUT2D eigenvalue weighted by Crippen LogP contribution is -2.36. The van der Waals surface area contributed by atoms with Crippen molar-refractivity contribution in [2.45, 2.75) is 24.8 Å². The van der Waals surface area contributed by atoms with Crippen molar-refractivity contribution >= 4 is 32.5 Å². The number of benzene rings is 2. The molecule has 0 fully saturated rings. The molecule has 0 radical (unpaired) electrons. The van der Waals surface area contributed by atoms with Gasteiger partial charge in [-0.05, 0) is 42.3 Å². The highest BCUT2D eigenvalue weighted by molar-refractivity contribution is 7.89. The fraction of sp³-hybridized carbons (Fsp3) is 0.263. The van der Waals surface area contributed by atoms with Gasteiger partial charge in [0, 0.05) is 41.1 Å². The molecular formula is C19H19ClN2O3S. The van der Waals surface area contributed by atoms with Crippen molar-refractivity contribution in [1.29, 1.82) is 0 Å². The lowest BCUT2D eigenvalue weighted by molar-refractivity contribution is 0.377. The van der Waals surface area contributed by atoms with Crippen LogP contribution in [0.15, 0.2) is 41.3 Å². The molecule has 1 aromatic heterocycles. The maximum absolute atomic E-state index is 13.3. The van der Waals surface area contributed by atoms with Crippen LogP contribution < -0.4 is 4.74 Å². The fourth-order valence-corrected chi connectivity index (χ4v) is 5.32. The molecule has 0 bridgehead atoms. The molecule has 0 spiro atoms. The van der Waals surface area contributed by atoms with E-state index in [1.54, 1.807) is 12.1 Å². The number of rotatable bonds is 3. The van der Waals surface area contributed by atoms with Crippen LogP contribution >= 0.6 is 11.6 Å². The molecule has 2 aromatic carbocycles. The Bertz CT molecular complexity index is 1110. The van der Waals surface area contributed by atoms with Crippen LogP contribution in [0.4, 0.5) is 0 Å². The molecule has 0 saturated carbocycles. The van der Waals surface area contributed by atoms with E-state index in [0.717, 1.165) is 27.7 Å². The van der Waals surface area contributed by atoms with E-state index in [1.165, 1.54) is 11.4 Å². The number of nitrogens with zero attached hydrogens (tertiary/aromatic N) is 1. The fourth-order valence-electron chi connectivity index (χ4n) is 3.50. The van der Waals surface area contributed by atoms with Gasteiger partial charge >= 0.3 is 0 Å². The molecule has 0 amide bonds. The number of hydrogen-bond acceptors (Lipinski definition) is 3. The van der Waals surface area contributed by atoms with Gasteiger partial charge in [-0.3, -0.25) is 0 Å². The molecule has 0 atom stereocenters. The summed E-state index contributed by atoms with van der Waals surface area (Å²) in [6.07, 6.45) is 0.634. The number of aromatic nitrogens is 1. The van der Waals surface area contributed by atoms with Crippen LogP contribution in [0.1, 0.15) is 16.8 Å². The second-order valence-electron chi connectivity index (χ2n) is 6.51. The number of aryl methyl sites for hydroxylation is 1. The molecule has 5 nitrogen and oxygen atoms in total. The highest BCUT2D eigenvalue weighted by atomic mass is 35.5. The van der Waals surface area contributed by atoms with Crippen molar-refractivity contribution in [2.75, 3.05) is 13.7 Å². The average molecular weight is 391 g/mol. The third-order valence-electron chi connectivity index (χ3n) is 4.84. The summed E-state index contributed by atoms with van der Waals surface area (Å²) >= 11 is 6.07.